The summed E-state index contributed by atoms with van der Waals surface area (Å²) in [7, 11) is 0. The van der Waals surface area contributed by atoms with Gasteiger partial charge < -0.3 is 15.0 Å². The minimum absolute atomic E-state index is 0.0666. The third kappa shape index (κ3) is 4.02. The Morgan fingerprint density at radius 1 is 1.24 bits per heavy atom. The maximum absolute atomic E-state index is 12.5. The number of para-hydroxylation sites is 2. The first-order valence-corrected chi connectivity index (χ1v) is 8.96. The molecule has 0 aromatic heterocycles. The first kappa shape index (κ1) is 17.5. The molecular formula is C19H19BrN2O3. The van der Waals surface area contributed by atoms with Crippen molar-refractivity contribution < 1.29 is 14.3 Å². The fourth-order valence-electron chi connectivity index (χ4n) is 2.85. The van der Waals surface area contributed by atoms with E-state index in [1.54, 1.807) is 4.90 Å². The molecule has 2 aromatic rings. The Morgan fingerprint density at radius 3 is 2.68 bits per heavy atom. The topological polar surface area (TPSA) is 58.6 Å². The van der Waals surface area contributed by atoms with Crippen molar-refractivity contribution in [3.05, 3.63) is 53.0 Å². The molecule has 0 radical (unpaired) electrons. The molecule has 0 bridgehead atoms. The van der Waals surface area contributed by atoms with Crippen LogP contribution in [0.5, 0.6) is 5.75 Å². The van der Waals surface area contributed by atoms with E-state index in [9.17, 15) is 9.59 Å². The second-order valence-corrected chi connectivity index (χ2v) is 6.72. The second-order valence-electron chi connectivity index (χ2n) is 5.80. The highest BCUT2D eigenvalue weighted by Crippen LogP contribution is 2.33. The Labute approximate surface area is 155 Å². The number of nitrogens with one attached hydrogen (secondary N) is 1. The number of carbonyl (C=O) groups is 2. The lowest BCUT2D eigenvalue weighted by molar-refractivity contribution is -0.122. The van der Waals surface area contributed by atoms with Gasteiger partial charge in [-0.2, -0.15) is 0 Å². The molecule has 0 aliphatic carbocycles. The van der Waals surface area contributed by atoms with Crippen molar-refractivity contribution in [2.75, 3.05) is 23.4 Å². The van der Waals surface area contributed by atoms with E-state index in [2.05, 4.69) is 21.2 Å². The van der Waals surface area contributed by atoms with Crippen LogP contribution in [0.15, 0.2) is 53.0 Å². The standard InChI is InChI=1S/C19H19BrN2O3/c1-2-25-17-6-4-3-5-16(17)22-12-13(11-18(22)23)19(24)21-15-9-7-14(20)8-10-15/h3-10,13H,2,11-12H2,1H3,(H,21,24)/t13-/m0/s1. The van der Waals surface area contributed by atoms with Gasteiger partial charge in [0.15, 0.2) is 0 Å². The molecule has 0 spiro atoms. The Kier molecular flexibility index (Phi) is 5.38. The van der Waals surface area contributed by atoms with Crippen LogP contribution in [0.3, 0.4) is 0 Å². The molecular weight excluding hydrogens is 384 g/mol. The van der Waals surface area contributed by atoms with E-state index in [1.807, 2.05) is 55.5 Å². The average molecular weight is 403 g/mol. The van der Waals surface area contributed by atoms with Crippen LogP contribution in [0.4, 0.5) is 11.4 Å². The van der Waals surface area contributed by atoms with Crippen molar-refractivity contribution in [2.45, 2.75) is 13.3 Å². The molecule has 0 saturated carbocycles. The van der Waals surface area contributed by atoms with Crippen LogP contribution in [0.1, 0.15) is 13.3 Å². The van der Waals surface area contributed by atoms with Gasteiger partial charge in [-0.05, 0) is 43.3 Å². The van der Waals surface area contributed by atoms with Crippen LogP contribution < -0.4 is 15.0 Å². The van der Waals surface area contributed by atoms with Crippen LogP contribution in [-0.4, -0.2) is 25.0 Å². The molecule has 1 aliphatic heterocycles. The van der Waals surface area contributed by atoms with Gasteiger partial charge in [0, 0.05) is 23.1 Å². The number of halogens is 1. The van der Waals surface area contributed by atoms with Crippen LogP contribution in [0, 0.1) is 5.92 Å². The molecule has 1 saturated heterocycles. The molecule has 1 N–H and O–H groups in total. The van der Waals surface area contributed by atoms with Gasteiger partial charge in [-0.15, -0.1) is 0 Å². The zero-order chi connectivity index (χ0) is 17.8. The largest absolute Gasteiger partial charge is 0.492 e. The predicted molar refractivity (Wildman–Crippen MR) is 101 cm³/mol. The molecule has 6 heteroatoms. The summed E-state index contributed by atoms with van der Waals surface area (Å²) in [5, 5.41) is 2.87. The smallest absolute Gasteiger partial charge is 0.229 e. The number of hydrogen-bond donors (Lipinski definition) is 1. The maximum atomic E-state index is 12.5. The molecule has 1 aliphatic rings. The van der Waals surface area contributed by atoms with Gasteiger partial charge in [0.05, 0.1) is 18.2 Å². The lowest BCUT2D eigenvalue weighted by Gasteiger charge is -2.20. The number of hydrogen-bond acceptors (Lipinski definition) is 3. The lowest BCUT2D eigenvalue weighted by Crippen LogP contribution is -2.28. The quantitative estimate of drug-likeness (QED) is 0.826. The van der Waals surface area contributed by atoms with Crippen LogP contribution in [0.2, 0.25) is 0 Å². The van der Waals surface area contributed by atoms with Gasteiger partial charge in [-0.3, -0.25) is 9.59 Å². The minimum Gasteiger partial charge on any atom is -0.492 e. The second kappa shape index (κ2) is 7.70. The van der Waals surface area contributed by atoms with E-state index in [4.69, 9.17) is 4.74 Å². The van der Waals surface area contributed by atoms with E-state index >= 15 is 0 Å². The normalized spacial score (nSPS) is 16.8. The van der Waals surface area contributed by atoms with Gasteiger partial charge in [0.2, 0.25) is 11.8 Å². The Bertz CT molecular complexity index is 776. The number of carbonyl (C=O) groups excluding carboxylic acids is 2. The van der Waals surface area contributed by atoms with Crippen molar-refractivity contribution in [3.63, 3.8) is 0 Å². The maximum Gasteiger partial charge on any atom is 0.229 e. The van der Waals surface area contributed by atoms with Crippen LogP contribution >= 0.6 is 15.9 Å². The van der Waals surface area contributed by atoms with Gasteiger partial charge >= 0.3 is 0 Å². The van der Waals surface area contributed by atoms with Crippen molar-refractivity contribution >= 4 is 39.1 Å². The SMILES string of the molecule is CCOc1ccccc1N1C[C@@H](C(=O)Nc2ccc(Br)cc2)CC1=O. The predicted octanol–water partition coefficient (Wildman–Crippen LogP) is 3.84. The highest BCUT2D eigenvalue weighted by Gasteiger charge is 2.36. The van der Waals surface area contributed by atoms with E-state index in [1.165, 1.54) is 0 Å². The average Bonchev–Trinajstić information content (AvgIpc) is 2.99. The van der Waals surface area contributed by atoms with Gasteiger partial charge in [0.1, 0.15) is 5.75 Å². The number of nitrogens with zero attached hydrogens (tertiary/aromatic N) is 1. The molecule has 2 aromatic carbocycles. The Balaban J connectivity index is 1.72. The van der Waals surface area contributed by atoms with Crippen LogP contribution in [0.25, 0.3) is 0 Å². The van der Waals surface area contributed by atoms with E-state index in [0.29, 0.717) is 30.3 Å². The first-order valence-electron chi connectivity index (χ1n) is 8.17. The monoisotopic (exact) mass is 402 g/mol. The number of rotatable bonds is 5. The summed E-state index contributed by atoms with van der Waals surface area (Å²) in [6.45, 7) is 2.77. The highest BCUT2D eigenvalue weighted by molar-refractivity contribution is 9.10. The van der Waals surface area contributed by atoms with Crippen LogP contribution in [-0.2, 0) is 9.59 Å². The molecule has 2 amide bonds. The molecule has 25 heavy (non-hydrogen) atoms. The van der Waals surface area contributed by atoms with Crippen molar-refractivity contribution in [3.8, 4) is 5.75 Å². The molecule has 1 fully saturated rings. The number of anilines is 2. The molecule has 1 heterocycles. The van der Waals surface area contributed by atoms with E-state index in [-0.39, 0.29) is 24.2 Å². The summed E-state index contributed by atoms with van der Waals surface area (Å²) in [4.78, 5) is 26.6. The first-order chi connectivity index (χ1) is 12.1. The third-order valence-electron chi connectivity index (χ3n) is 4.06. The number of amides is 2. The number of ether oxygens (including phenoxy) is 1. The summed E-state index contributed by atoms with van der Waals surface area (Å²) in [6, 6.07) is 14.8. The summed E-state index contributed by atoms with van der Waals surface area (Å²) < 4.78 is 6.55. The van der Waals surface area contributed by atoms with E-state index in [0.717, 1.165) is 4.47 Å². The minimum atomic E-state index is -0.383. The summed E-state index contributed by atoms with van der Waals surface area (Å²) in [5.74, 6) is 0.0633. The Hall–Kier alpha value is -2.34. The third-order valence-corrected chi connectivity index (χ3v) is 4.59. The summed E-state index contributed by atoms with van der Waals surface area (Å²) in [5.41, 5.74) is 1.43. The highest BCUT2D eigenvalue weighted by atomic mass is 79.9. The summed E-state index contributed by atoms with van der Waals surface area (Å²) in [6.07, 6.45) is 0.197. The Morgan fingerprint density at radius 2 is 1.96 bits per heavy atom. The number of benzene rings is 2. The van der Waals surface area contributed by atoms with Gasteiger partial charge in [-0.1, -0.05) is 28.1 Å². The molecule has 0 unspecified atom stereocenters. The van der Waals surface area contributed by atoms with Crippen molar-refractivity contribution in [1.29, 1.82) is 0 Å². The molecule has 1 atom stereocenters. The van der Waals surface area contributed by atoms with Gasteiger partial charge in [0.25, 0.3) is 0 Å². The fourth-order valence-corrected chi connectivity index (χ4v) is 3.12. The zero-order valence-corrected chi connectivity index (χ0v) is 15.5. The fraction of sp³-hybridized carbons (Fsp3) is 0.263. The molecule has 5 nitrogen and oxygen atoms in total. The molecule has 3 rings (SSSR count). The van der Waals surface area contributed by atoms with E-state index < -0.39 is 0 Å². The van der Waals surface area contributed by atoms with Crippen molar-refractivity contribution in [1.82, 2.24) is 0 Å². The van der Waals surface area contributed by atoms with Gasteiger partial charge in [-0.25, -0.2) is 0 Å². The molecule has 130 valence electrons. The van der Waals surface area contributed by atoms with Crippen molar-refractivity contribution in [2.24, 2.45) is 5.92 Å². The lowest BCUT2D eigenvalue weighted by atomic mass is 10.1. The zero-order valence-electron chi connectivity index (χ0n) is 13.9. The summed E-state index contributed by atoms with van der Waals surface area (Å²) >= 11 is 3.36.